The molecular formula is C12H17BrN2O5S. The van der Waals surface area contributed by atoms with Gasteiger partial charge in [0.05, 0.1) is 12.8 Å². The summed E-state index contributed by atoms with van der Waals surface area (Å²) in [6, 6.07) is 3.11. The fourth-order valence-electron chi connectivity index (χ4n) is 1.29. The van der Waals surface area contributed by atoms with E-state index in [1.54, 1.807) is 26.8 Å². The van der Waals surface area contributed by atoms with E-state index < -0.39 is 27.6 Å². The van der Waals surface area contributed by atoms with E-state index in [0.717, 1.165) is 7.11 Å². The Morgan fingerprint density at radius 2 is 2.00 bits per heavy atom. The molecule has 7 nitrogen and oxygen atoms in total. The van der Waals surface area contributed by atoms with E-state index >= 15 is 0 Å². The molecule has 0 radical (unpaired) electrons. The molecule has 0 aromatic carbocycles. The third-order valence-corrected chi connectivity index (χ3v) is 3.97. The zero-order valence-corrected chi connectivity index (χ0v) is 14.5. The van der Waals surface area contributed by atoms with Crippen LogP contribution in [0.5, 0.6) is 0 Å². The molecule has 21 heavy (non-hydrogen) atoms. The largest absolute Gasteiger partial charge is 0.444 e. The van der Waals surface area contributed by atoms with E-state index in [9.17, 15) is 13.2 Å². The van der Waals surface area contributed by atoms with Gasteiger partial charge in [0.2, 0.25) is 0 Å². The predicted octanol–water partition coefficient (Wildman–Crippen LogP) is 2.67. The average molecular weight is 381 g/mol. The highest BCUT2D eigenvalue weighted by atomic mass is 79.9. The highest BCUT2D eigenvalue weighted by Gasteiger charge is 2.18. The molecule has 0 fully saturated rings. The van der Waals surface area contributed by atoms with Gasteiger partial charge in [-0.05, 0) is 48.8 Å². The van der Waals surface area contributed by atoms with Crippen LogP contribution < -0.4 is 5.32 Å². The van der Waals surface area contributed by atoms with Crippen molar-refractivity contribution in [2.45, 2.75) is 32.1 Å². The molecular weight excluding hydrogens is 364 g/mol. The first-order chi connectivity index (χ1) is 9.52. The zero-order chi connectivity index (χ0) is 16.3. The normalized spacial score (nSPS) is 12.0. The van der Waals surface area contributed by atoms with Crippen LogP contribution in [-0.4, -0.2) is 32.2 Å². The molecule has 0 aliphatic heterocycles. The van der Waals surface area contributed by atoms with Crippen molar-refractivity contribution in [1.29, 1.82) is 0 Å². The Balaban J connectivity index is 2.90. The maximum Gasteiger partial charge on any atom is 0.413 e. The van der Waals surface area contributed by atoms with Gasteiger partial charge in [0.1, 0.15) is 17.2 Å². The molecule has 0 aliphatic carbocycles. The van der Waals surface area contributed by atoms with Crippen LogP contribution in [0.3, 0.4) is 0 Å². The molecule has 1 aromatic rings. The number of aromatic nitrogens is 1. The Labute approximate surface area is 132 Å². The van der Waals surface area contributed by atoms with Gasteiger partial charge in [-0.15, -0.1) is 0 Å². The predicted molar refractivity (Wildman–Crippen MR) is 81.4 cm³/mol. The number of rotatable bonds is 4. The average Bonchev–Trinajstić information content (AvgIpc) is 2.30. The van der Waals surface area contributed by atoms with E-state index in [0.29, 0.717) is 4.47 Å². The van der Waals surface area contributed by atoms with Gasteiger partial charge in [0.15, 0.2) is 0 Å². The standard InChI is InChI=1S/C12H17BrN2O5S/c1-12(2,3)20-11(16)15-10-6-5-8(13)9(14-10)7-21(17,18)19-4/h5-6H,7H2,1-4H3,(H,14,15,16). The molecule has 1 heterocycles. The molecule has 118 valence electrons. The second-order valence-electron chi connectivity index (χ2n) is 5.12. The first-order valence-electron chi connectivity index (χ1n) is 5.96. The van der Waals surface area contributed by atoms with Gasteiger partial charge in [-0.1, -0.05) is 0 Å². The molecule has 1 amide bonds. The Hall–Kier alpha value is -1.19. The summed E-state index contributed by atoms with van der Waals surface area (Å²) in [5, 5.41) is 2.44. The van der Waals surface area contributed by atoms with Crippen LogP contribution in [0.1, 0.15) is 26.5 Å². The maximum atomic E-state index is 11.6. The van der Waals surface area contributed by atoms with Crippen molar-refractivity contribution >= 4 is 38.0 Å². The van der Waals surface area contributed by atoms with Crippen LogP contribution in [0, 0.1) is 0 Å². The molecule has 1 N–H and O–H groups in total. The summed E-state index contributed by atoms with van der Waals surface area (Å²) in [4.78, 5) is 15.7. The minimum Gasteiger partial charge on any atom is -0.444 e. The maximum absolute atomic E-state index is 11.6. The lowest BCUT2D eigenvalue weighted by atomic mass is 10.2. The number of ether oxygens (including phenoxy) is 1. The van der Waals surface area contributed by atoms with Gasteiger partial charge in [-0.25, -0.2) is 9.78 Å². The molecule has 9 heteroatoms. The number of hydrogen-bond acceptors (Lipinski definition) is 6. The van der Waals surface area contributed by atoms with Crippen LogP contribution >= 0.6 is 15.9 Å². The number of nitrogens with one attached hydrogen (secondary N) is 1. The summed E-state index contributed by atoms with van der Waals surface area (Å²) in [5.74, 6) is -0.220. The Kier molecular flexibility index (Phi) is 5.71. The molecule has 0 unspecified atom stereocenters. The Morgan fingerprint density at radius 1 is 1.38 bits per heavy atom. The number of carbonyl (C=O) groups excluding carboxylic acids is 1. The van der Waals surface area contributed by atoms with E-state index in [2.05, 4.69) is 30.4 Å². The lowest BCUT2D eigenvalue weighted by Crippen LogP contribution is -2.27. The summed E-state index contributed by atoms with van der Waals surface area (Å²) in [5.41, 5.74) is -0.410. The zero-order valence-electron chi connectivity index (χ0n) is 12.1. The number of carbonyl (C=O) groups is 1. The fraction of sp³-hybridized carbons (Fsp3) is 0.500. The summed E-state index contributed by atoms with van der Waals surface area (Å²) in [7, 11) is -2.63. The molecule has 0 aliphatic rings. The van der Waals surface area contributed by atoms with Crippen LogP contribution in [0.4, 0.5) is 10.6 Å². The summed E-state index contributed by atoms with van der Waals surface area (Å²) >= 11 is 3.20. The number of anilines is 1. The second-order valence-corrected chi connectivity index (χ2v) is 7.71. The quantitative estimate of drug-likeness (QED) is 0.806. The van der Waals surface area contributed by atoms with E-state index in [1.807, 2.05) is 0 Å². The highest BCUT2D eigenvalue weighted by molar-refractivity contribution is 9.10. The van der Waals surface area contributed by atoms with Gasteiger partial charge < -0.3 is 4.74 Å². The van der Waals surface area contributed by atoms with Crippen LogP contribution in [0.25, 0.3) is 0 Å². The van der Waals surface area contributed by atoms with Crippen molar-refractivity contribution in [2.24, 2.45) is 0 Å². The molecule has 0 atom stereocenters. The van der Waals surface area contributed by atoms with Gasteiger partial charge in [0.25, 0.3) is 10.1 Å². The fourth-order valence-corrected chi connectivity index (χ4v) is 2.51. The minimum absolute atomic E-state index is 0.189. The van der Waals surface area contributed by atoms with Crippen molar-refractivity contribution in [3.63, 3.8) is 0 Å². The SMILES string of the molecule is COS(=O)(=O)Cc1nc(NC(=O)OC(C)(C)C)ccc1Br. The number of halogens is 1. The monoisotopic (exact) mass is 380 g/mol. The third kappa shape index (κ3) is 6.40. The second kappa shape index (κ2) is 6.71. The van der Waals surface area contributed by atoms with Gasteiger partial charge in [-0.2, -0.15) is 8.42 Å². The molecule has 1 rings (SSSR count). The minimum atomic E-state index is -3.71. The van der Waals surface area contributed by atoms with Crippen molar-refractivity contribution < 1.29 is 22.1 Å². The molecule has 0 saturated heterocycles. The topological polar surface area (TPSA) is 94.6 Å². The van der Waals surface area contributed by atoms with Crippen molar-refractivity contribution in [2.75, 3.05) is 12.4 Å². The number of nitrogens with zero attached hydrogens (tertiary/aromatic N) is 1. The number of amides is 1. The summed E-state index contributed by atoms with van der Waals surface area (Å²) in [6.07, 6.45) is -0.669. The number of pyridine rings is 1. The van der Waals surface area contributed by atoms with Crippen molar-refractivity contribution in [3.8, 4) is 0 Å². The lowest BCUT2D eigenvalue weighted by Gasteiger charge is -2.19. The van der Waals surface area contributed by atoms with Gasteiger partial charge in [-0.3, -0.25) is 9.50 Å². The van der Waals surface area contributed by atoms with Crippen LogP contribution in [0.15, 0.2) is 16.6 Å². The molecule has 0 bridgehead atoms. The van der Waals surface area contributed by atoms with E-state index in [4.69, 9.17) is 4.74 Å². The molecule has 0 saturated carbocycles. The first kappa shape index (κ1) is 17.9. The first-order valence-corrected chi connectivity index (χ1v) is 8.33. The van der Waals surface area contributed by atoms with Gasteiger partial charge >= 0.3 is 6.09 Å². The van der Waals surface area contributed by atoms with E-state index in [-0.39, 0.29) is 11.5 Å². The Morgan fingerprint density at radius 3 is 2.52 bits per heavy atom. The van der Waals surface area contributed by atoms with Crippen molar-refractivity contribution in [1.82, 2.24) is 4.98 Å². The van der Waals surface area contributed by atoms with Crippen LogP contribution in [0.2, 0.25) is 0 Å². The third-order valence-electron chi connectivity index (χ3n) is 2.12. The van der Waals surface area contributed by atoms with Crippen molar-refractivity contribution in [3.05, 3.63) is 22.3 Å². The van der Waals surface area contributed by atoms with Crippen LogP contribution in [-0.2, 0) is 24.8 Å². The lowest BCUT2D eigenvalue weighted by molar-refractivity contribution is 0.0635. The smallest absolute Gasteiger partial charge is 0.413 e. The number of hydrogen-bond donors (Lipinski definition) is 1. The van der Waals surface area contributed by atoms with Gasteiger partial charge in [0, 0.05) is 4.47 Å². The summed E-state index contributed by atoms with van der Waals surface area (Å²) in [6.45, 7) is 5.20. The Bertz CT molecular complexity index is 625. The molecule has 0 spiro atoms. The van der Waals surface area contributed by atoms with E-state index in [1.165, 1.54) is 6.07 Å². The summed E-state index contributed by atoms with van der Waals surface area (Å²) < 4.78 is 32.9. The highest BCUT2D eigenvalue weighted by Crippen LogP contribution is 2.20. The molecule has 1 aromatic heterocycles.